The summed E-state index contributed by atoms with van der Waals surface area (Å²) in [5.74, 6) is 0.704. The SMILES string of the molecule is CCCCC[Si](CCCCl)(OC)OC. The second-order valence-corrected chi connectivity index (χ2v) is 7.58. The van der Waals surface area contributed by atoms with Crippen LogP contribution in [-0.4, -0.2) is 28.7 Å². The van der Waals surface area contributed by atoms with Crippen molar-refractivity contribution < 1.29 is 8.85 Å². The summed E-state index contributed by atoms with van der Waals surface area (Å²) in [6, 6.07) is 2.12. The molecule has 0 saturated carbocycles. The zero-order chi connectivity index (χ0) is 10.9. The molecule has 86 valence electrons. The van der Waals surface area contributed by atoms with Crippen molar-refractivity contribution in [1.82, 2.24) is 0 Å². The number of halogens is 1. The highest BCUT2D eigenvalue weighted by molar-refractivity contribution is 6.67. The van der Waals surface area contributed by atoms with Crippen LogP contribution in [0, 0.1) is 0 Å². The maximum Gasteiger partial charge on any atom is 0.337 e. The minimum absolute atomic E-state index is 0.704. The molecule has 0 N–H and O–H groups in total. The third-order valence-corrected chi connectivity index (χ3v) is 6.58. The van der Waals surface area contributed by atoms with Crippen molar-refractivity contribution >= 4 is 20.2 Å². The second kappa shape index (κ2) is 8.71. The Kier molecular flexibility index (Phi) is 8.98. The molecule has 0 spiro atoms. The minimum Gasteiger partial charge on any atom is -0.398 e. The predicted molar refractivity (Wildman–Crippen MR) is 64.2 cm³/mol. The maximum atomic E-state index is 5.69. The van der Waals surface area contributed by atoms with Crippen molar-refractivity contribution in [3.63, 3.8) is 0 Å². The van der Waals surface area contributed by atoms with Crippen molar-refractivity contribution in [2.45, 2.75) is 44.7 Å². The zero-order valence-corrected chi connectivity index (χ0v) is 11.4. The predicted octanol–water partition coefficient (Wildman–Crippen LogP) is 3.54. The summed E-state index contributed by atoms with van der Waals surface area (Å²) in [6.45, 7) is 2.21. The van der Waals surface area contributed by atoms with Gasteiger partial charge in [0.05, 0.1) is 0 Å². The van der Waals surface area contributed by atoms with Gasteiger partial charge < -0.3 is 8.85 Å². The van der Waals surface area contributed by atoms with Gasteiger partial charge in [-0.1, -0.05) is 26.2 Å². The van der Waals surface area contributed by atoms with E-state index < -0.39 is 8.56 Å². The Morgan fingerprint density at radius 2 is 1.57 bits per heavy atom. The lowest BCUT2D eigenvalue weighted by atomic mass is 10.3. The van der Waals surface area contributed by atoms with E-state index in [4.69, 9.17) is 20.5 Å². The van der Waals surface area contributed by atoms with Crippen LogP contribution in [0.25, 0.3) is 0 Å². The maximum absolute atomic E-state index is 5.69. The fraction of sp³-hybridized carbons (Fsp3) is 1.00. The quantitative estimate of drug-likeness (QED) is 0.348. The van der Waals surface area contributed by atoms with E-state index in [1.165, 1.54) is 19.3 Å². The third kappa shape index (κ3) is 5.34. The molecule has 0 amide bonds. The molecule has 0 radical (unpaired) electrons. The van der Waals surface area contributed by atoms with E-state index in [9.17, 15) is 0 Å². The smallest absolute Gasteiger partial charge is 0.337 e. The van der Waals surface area contributed by atoms with Gasteiger partial charge in [-0.2, -0.15) is 0 Å². The average Bonchev–Trinajstić information content (AvgIpc) is 2.24. The van der Waals surface area contributed by atoms with Crippen LogP contribution in [0.5, 0.6) is 0 Å². The molecule has 0 aromatic rings. The van der Waals surface area contributed by atoms with Crippen LogP contribution >= 0.6 is 11.6 Å². The van der Waals surface area contributed by atoms with Crippen LogP contribution in [0.4, 0.5) is 0 Å². The molecule has 0 aromatic carbocycles. The first-order chi connectivity index (χ1) is 6.74. The van der Waals surface area contributed by atoms with E-state index in [2.05, 4.69) is 6.92 Å². The molecule has 0 aromatic heterocycles. The normalized spacial score (nSPS) is 12.0. The summed E-state index contributed by atoms with van der Waals surface area (Å²) in [5.41, 5.74) is 0. The monoisotopic (exact) mass is 238 g/mol. The van der Waals surface area contributed by atoms with Crippen LogP contribution < -0.4 is 0 Å². The molecule has 0 aliphatic rings. The van der Waals surface area contributed by atoms with Gasteiger partial charge >= 0.3 is 8.56 Å². The number of hydrogen-bond acceptors (Lipinski definition) is 2. The first-order valence-electron chi connectivity index (χ1n) is 5.41. The average molecular weight is 239 g/mol. The number of rotatable bonds is 9. The minimum atomic E-state index is -1.89. The summed E-state index contributed by atoms with van der Waals surface area (Å²) in [4.78, 5) is 0. The molecule has 0 bridgehead atoms. The summed E-state index contributed by atoms with van der Waals surface area (Å²) in [7, 11) is 1.66. The molecule has 2 nitrogen and oxygen atoms in total. The van der Waals surface area contributed by atoms with E-state index in [-0.39, 0.29) is 0 Å². The highest BCUT2D eigenvalue weighted by Gasteiger charge is 2.33. The lowest BCUT2D eigenvalue weighted by Gasteiger charge is -2.27. The van der Waals surface area contributed by atoms with Crippen LogP contribution in [0.2, 0.25) is 12.1 Å². The van der Waals surface area contributed by atoms with Crippen molar-refractivity contribution in [1.29, 1.82) is 0 Å². The molecule has 0 saturated heterocycles. The number of unbranched alkanes of at least 4 members (excludes halogenated alkanes) is 2. The van der Waals surface area contributed by atoms with Gasteiger partial charge in [-0.3, -0.25) is 0 Å². The largest absolute Gasteiger partial charge is 0.398 e. The Balaban J connectivity index is 3.94. The van der Waals surface area contributed by atoms with E-state index in [0.717, 1.165) is 18.5 Å². The Labute approximate surface area is 94.2 Å². The molecular formula is C10H23ClO2Si. The Hall–Kier alpha value is 0.427. The lowest BCUT2D eigenvalue weighted by Crippen LogP contribution is -2.39. The van der Waals surface area contributed by atoms with Crippen molar-refractivity contribution in [3.05, 3.63) is 0 Å². The standard InChI is InChI=1S/C10H23ClO2Si/c1-4-5-6-9-14(12-2,13-3)10-7-8-11/h4-10H2,1-3H3. The molecule has 0 aliphatic heterocycles. The number of hydrogen-bond donors (Lipinski definition) is 0. The zero-order valence-electron chi connectivity index (χ0n) is 9.64. The molecule has 0 rings (SSSR count). The summed E-state index contributed by atoms with van der Waals surface area (Å²) >= 11 is 5.69. The van der Waals surface area contributed by atoms with E-state index >= 15 is 0 Å². The van der Waals surface area contributed by atoms with E-state index in [0.29, 0.717) is 5.88 Å². The van der Waals surface area contributed by atoms with Gasteiger partial charge in [0.2, 0.25) is 0 Å². The van der Waals surface area contributed by atoms with Gasteiger partial charge in [-0.05, 0) is 18.5 Å². The molecule has 4 heteroatoms. The van der Waals surface area contributed by atoms with Crippen LogP contribution in [-0.2, 0) is 8.85 Å². The van der Waals surface area contributed by atoms with Crippen molar-refractivity contribution in [2.75, 3.05) is 20.1 Å². The van der Waals surface area contributed by atoms with Gasteiger partial charge in [0.25, 0.3) is 0 Å². The molecule has 0 fully saturated rings. The Morgan fingerprint density at radius 3 is 2.00 bits per heavy atom. The van der Waals surface area contributed by atoms with Crippen molar-refractivity contribution in [2.24, 2.45) is 0 Å². The topological polar surface area (TPSA) is 18.5 Å². The fourth-order valence-corrected chi connectivity index (χ4v) is 4.69. The number of alkyl halides is 1. The van der Waals surface area contributed by atoms with Gasteiger partial charge in [0, 0.05) is 20.1 Å². The fourth-order valence-electron chi connectivity index (χ4n) is 1.60. The van der Waals surface area contributed by atoms with Gasteiger partial charge in [0.15, 0.2) is 0 Å². The molecule has 0 aliphatic carbocycles. The highest BCUT2D eigenvalue weighted by Crippen LogP contribution is 2.22. The summed E-state index contributed by atoms with van der Waals surface area (Å²) in [6.07, 6.45) is 4.73. The Bertz CT molecular complexity index is 129. The second-order valence-electron chi connectivity index (χ2n) is 3.57. The third-order valence-electron chi connectivity index (χ3n) is 2.60. The molecule has 0 heterocycles. The van der Waals surface area contributed by atoms with E-state index in [1.54, 1.807) is 14.2 Å². The summed E-state index contributed by atoms with van der Waals surface area (Å²) < 4.78 is 11.2. The van der Waals surface area contributed by atoms with Gasteiger partial charge in [0.1, 0.15) is 0 Å². The Morgan fingerprint density at radius 1 is 1.00 bits per heavy atom. The highest BCUT2D eigenvalue weighted by atomic mass is 35.5. The lowest BCUT2D eigenvalue weighted by molar-refractivity contribution is 0.239. The van der Waals surface area contributed by atoms with Crippen LogP contribution in [0.3, 0.4) is 0 Å². The van der Waals surface area contributed by atoms with Crippen LogP contribution in [0.15, 0.2) is 0 Å². The van der Waals surface area contributed by atoms with Crippen molar-refractivity contribution in [3.8, 4) is 0 Å². The van der Waals surface area contributed by atoms with Gasteiger partial charge in [-0.15, -0.1) is 11.6 Å². The van der Waals surface area contributed by atoms with Crippen LogP contribution in [0.1, 0.15) is 32.6 Å². The summed E-state index contributed by atoms with van der Waals surface area (Å²) in [5, 5.41) is 0. The first-order valence-corrected chi connectivity index (χ1v) is 8.17. The molecular weight excluding hydrogens is 216 g/mol. The molecule has 14 heavy (non-hydrogen) atoms. The molecule has 0 unspecified atom stereocenters. The molecule has 0 atom stereocenters. The first kappa shape index (κ1) is 14.4. The van der Waals surface area contributed by atoms with Gasteiger partial charge in [-0.25, -0.2) is 0 Å². The van der Waals surface area contributed by atoms with E-state index in [1.807, 2.05) is 0 Å².